The molecule has 6 heteroatoms. The molecule has 6 nitrogen and oxygen atoms in total. The molecule has 29 heavy (non-hydrogen) atoms. The molecule has 0 saturated heterocycles. The average Bonchev–Trinajstić information content (AvgIpc) is 2.67. The van der Waals surface area contributed by atoms with Crippen LogP contribution in [0.1, 0.15) is 58.4 Å². The summed E-state index contributed by atoms with van der Waals surface area (Å²) >= 11 is 0. The van der Waals surface area contributed by atoms with Gasteiger partial charge in [-0.1, -0.05) is 6.07 Å². The topological polar surface area (TPSA) is 73.9 Å². The lowest BCUT2D eigenvalue weighted by Gasteiger charge is -2.34. The standard InChI is InChI=1S/C23H29NO5/c1-6-28-18-11-10-15(12-19(18)27-5)21-20(23(26)29-13(2)3)14(4)24-16-8-7-9-17(25)22(16)21/h10-13,21,24H,6-9H2,1-5H3. The Balaban J connectivity index is 2.15. The van der Waals surface area contributed by atoms with E-state index in [1.807, 2.05) is 45.9 Å². The number of allylic oxidation sites excluding steroid dienone is 3. The van der Waals surface area contributed by atoms with Crippen LogP contribution in [-0.4, -0.2) is 31.6 Å². The van der Waals surface area contributed by atoms with Crippen LogP contribution in [0.2, 0.25) is 0 Å². The van der Waals surface area contributed by atoms with E-state index in [-0.39, 0.29) is 11.9 Å². The quantitative estimate of drug-likeness (QED) is 0.729. The third-order valence-corrected chi connectivity index (χ3v) is 5.16. The van der Waals surface area contributed by atoms with Crippen molar-refractivity contribution < 1.29 is 23.8 Å². The summed E-state index contributed by atoms with van der Waals surface area (Å²) < 4.78 is 16.7. The van der Waals surface area contributed by atoms with Crippen molar-refractivity contribution in [1.29, 1.82) is 0 Å². The van der Waals surface area contributed by atoms with Gasteiger partial charge in [-0.25, -0.2) is 4.79 Å². The van der Waals surface area contributed by atoms with Crippen LogP contribution in [0.25, 0.3) is 0 Å². The fourth-order valence-corrected chi connectivity index (χ4v) is 4.00. The van der Waals surface area contributed by atoms with Crippen LogP contribution in [-0.2, 0) is 14.3 Å². The van der Waals surface area contributed by atoms with E-state index in [1.54, 1.807) is 7.11 Å². The molecule has 1 aromatic carbocycles. The number of benzene rings is 1. The molecule has 0 spiro atoms. The number of hydrogen-bond donors (Lipinski definition) is 1. The molecule has 0 saturated carbocycles. The van der Waals surface area contributed by atoms with Crippen molar-refractivity contribution in [2.24, 2.45) is 0 Å². The minimum absolute atomic E-state index is 0.0685. The van der Waals surface area contributed by atoms with Gasteiger partial charge in [-0.2, -0.15) is 0 Å². The van der Waals surface area contributed by atoms with E-state index < -0.39 is 11.9 Å². The molecule has 0 radical (unpaired) electrons. The maximum Gasteiger partial charge on any atom is 0.337 e. The zero-order valence-corrected chi connectivity index (χ0v) is 17.8. The van der Waals surface area contributed by atoms with E-state index in [0.717, 1.165) is 29.8 Å². The van der Waals surface area contributed by atoms with E-state index in [9.17, 15) is 9.59 Å². The summed E-state index contributed by atoms with van der Waals surface area (Å²) in [4.78, 5) is 25.9. The highest BCUT2D eigenvalue weighted by atomic mass is 16.5. The molecule has 0 aromatic heterocycles. The fraction of sp³-hybridized carbons (Fsp3) is 0.478. The number of Topliss-reactive ketones (excluding diaryl/α,β-unsaturated/α-hetero) is 1. The predicted octanol–water partition coefficient (Wildman–Crippen LogP) is 4.01. The van der Waals surface area contributed by atoms with Crippen molar-refractivity contribution in [3.63, 3.8) is 0 Å². The molecule has 1 heterocycles. The van der Waals surface area contributed by atoms with Crippen LogP contribution < -0.4 is 14.8 Å². The maximum atomic E-state index is 13.0. The third-order valence-electron chi connectivity index (χ3n) is 5.16. The second kappa shape index (κ2) is 8.72. The number of ether oxygens (including phenoxy) is 3. The molecule has 2 aliphatic rings. The molecule has 0 fully saturated rings. The van der Waals surface area contributed by atoms with Crippen LogP contribution in [0.4, 0.5) is 0 Å². The molecule has 156 valence electrons. The summed E-state index contributed by atoms with van der Waals surface area (Å²) in [6, 6.07) is 5.57. The largest absolute Gasteiger partial charge is 0.493 e. The minimum atomic E-state index is -0.491. The molecular formula is C23H29NO5. The number of carbonyl (C=O) groups is 2. The van der Waals surface area contributed by atoms with Crippen LogP contribution in [0.3, 0.4) is 0 Å². The van der Waals surface area contributed by atoms with Gasteiger partial charge in [-0.3, -0.25) is 4.79 Å². The fourth-order valence-electron chi connectivity index (χ4n) is 4.00. The van der Waals surface area contributed by atoms with E-state index >= 15 is 0 Å². The summed E-state index contributed by atoms with van der Waals surface area (Å²) in [6.45, 7) is 7.91. The predicted molar refractivity (Wildman–Crippen MR) is 110 cm³/mol. The molecule has 1 N–H and O–H groups in total. The second-order valence-corrected chi connectivity index (χ2v) is 7.56. The number of esters is 1. The van der Waals surface area contributed by atoms with Gasteiger partial charge in [0, 0.05) is 29.3 Å². The first kappa shape index (κ1) is 21.0. The highest BCUT2D eigenvalue weighted by Crippen LogP contribution is 2.44. The van der Waals surface area contributed by atoms with Gasteiger partial charge in [0.05, 0.1) is 25.4 Å². The number of hydrogen-bond acceptors (Lipinski definition) is 6. The monoisotopic (exact) mass is 399 g/mol. The maximum absolute atomic E-state index is 13.0. The summed E-state index contributed by atoms with van der Waals surface area (Å²) in [6.07, 6.45) is 1.82. The number of rotatable bonds is 6. The van der Waals surface area contributed by atoms with Crippen molar-refractivity contribution in [2.45, 2.75) is 59.0 Å². The van der Waals surface area contributed by atoms with Gasteiger partial charge in [0.2, 0.25) is 0 Å². The molecule has 0 amide bonds. The summed E-state index contributed by atoms with van der Waals surface area (Å²) in [7, 11) is 1.58. The van der Waals surface area contributed by atoms with Crippen LogP contribution >= 0.6 is 0 Å². The van der Waals surface area contributed by atoms with Crippen LogP contribution in [0, 0.1) is 0 Å². The Morgan fingerprint density at radius 2 is 2.00 bits per heavy atom. The van der Waals surface area contributed by atoms with Gasteiger partial charge in [-0.15, -0.1) is 0 Å². The summed E-state index contributed by atoms with van der Waals surface area (Å²) in [5.74, 6) is 0.369. The Kier molecular flexibility index (Phi) is 6.30. The van der Waals surface area contributed by atoms with Gasteiger partial charge < -0.3 is 19.5 Å². The van der Waals surface area contributed by atoms with Crippen molar-refractivity contribution >= 4 is 11.8 Å². The van der Waals surface area contributed by atoms with E-state index in [1.165, 1.54) is 0 Å². The molecule has 0 bridgehead atoms. The lowest BCUT2D eigenvalue weighted by Crippen LogP contribution is -2.35. The normalized spacial score (nSPS) is 19.1. The molecule has 1 aliphatic heterocycles. The first-order valence-electron chi connectivity index (χ1n) is 10.1. The minimum Gasteiger partial charge on any atom is -0.493 e. The number of carbonyl (C=O) groups excluding carboxylic acids is 2. The first-order valence-corrected chi connectivity index (χ1v) is 10.1. The number of methoxy groups -OCH3 is 1. The van der Waals surface area contributed by atoms with Gasteiger partial charge in [0.1, 0.15) is 0 Å². The molecule has 3 rings (SSSR count). The Labute approximate surface area is 171 Å². The van der Waals surface area contributed by atoms with Crippen LogP contribution in [0.15, 0.2) is 40.7 Å². The Hall–Kier alpha value is -2.76. The molecule has 1 aliphatic carbocycles. The lowest BCUT2D eigenvalue weighted by atomic mass is 9.75. The van der Waals surface area contributed by atoms with Crippen molar-refractivity contribution in [3.05, 3.63) is 46.3 Å². The van der Waals surface area contributed by atoms with E-state index in [2.05, 4.69) is 5.32 Å². The number of nitrogens with one attached hydrogen (secondary N) is 1. The smallest absolute Gasteiger partial charge is 0.337 e. The van der Waals surface area contributed by atoms with Gasteiger partial charge in [-0.05, 0) is 58.2 Å². The molecular weight excluding hydrogens is 370 g/mol. The SMILES string of the molecule is CCOc1ccc(C2C(C(=O)OC(C)C)=C(C)NC3=C2C(=O)CCC3)cc1OC. The van der Waals surface area contributed by atoms with Crippen molar-refractivity contribution in [3.8, 4) is 11.5 Å². The highest BCUT2D eigenvalue weighted by Gasteiger charge is 2.39. The zero-order valence-electron chi connectivity index (χ0n) is 17.8. The Morgan fingerprint density at radius 1 is 1.24 bits per heavy atom. The van der Waals surface area contributed by atoms with Gasteiger partial charge in [0.25, 0.3) is 0 Å². The molecule has 1 unspecified atom stereocenters. The highest BCUT2D eigenvalue weighted by molar-refractivity contribution is 6.03. The molecule has 1 aromatic rings. The van der Waals surface area contributed by atoms with E-state index in [0.29, 0.717) is 35.7 Å². The van der Waals surface area contributed by atoms with Gasteiger partial charge >= 0.3 is 5.97 Å². The summed E-state index contributed by atoms with van der Waals surface area (Å²) in [5.41, 5.74) is 3.56. The zero-order chi connectivity index (χ0) is 21.1. The lowest BCUT2D eigenvalue weighted by molar-refractivity contribution is -0.143. The second-order valence-electron chi connectivity index (χ2n) is 7.56. The van der Waals surface area contributed by atoms with Crippen LogP contribution in [0.5, 0.6) is 11.5 Å². The van der Waals surface area contributed by atoms with Gasteiger partial charge in [0.15, 0.2) is 17.3 Å². The van der Waals surface area contributed by atoms with Crippen molar-refractivity contribution in [2.75, 3.05) is 13.7 Å². The Bertz CT molecular complexity index is 881. The number of dihydropyridines is 1. The average molecular weight is 399 g/mol. The first-order chi connectivity index (χ1) is 13.9. The third kappa shape index (κ3) is 4.16. The molecule has 1 atom stereocenters. The van der Waals surface area contributed by atoms with Crippen molar-refractivity contribution in [1.82, 2.24) is 5.32 Å². The Morgan fingerprint density at radius 3 is 2.66 bits per heavy atom. The number of ketones is 1. The van der Waals surface area contributed by atoms with E-state index in [4.69, 9.17) is 14.2 Å². The summed E-state index contributed by atoms with van der Waals surface area (Å²) in [5, 5.41) is 3.29.